The Hall–Kier alpha value is -3.31. The van der Waals surface area contributed by atoms with Crippen LogP contribution in [0.5, 0.6) is 0 Å². The third kappa shape index (κ3) is 3.57. The van der Waals surface area contributed by atoms with Crippen molar-refractivity contribution in [1.82, 2.24) is 30.1 Å². The van der Waals surface area contributed by atoms with Crippen molar-refractivity contribution < 1.29 is 0 Å². The number of halogens is 1. The van der Waals surface area contributed by atoms with Gasteiger partial charge in [-0.05, 0) is 58.5 Å². The van der Waals surface area contributed by atoms with E-state index in [4.69, 9.17) is 4.98 Å². The van der Waals surface area contributed by atoms with Crippen molar-refractivity contribution in [2.75, 3.05) is 19.0 Å². The Bertz CT molecular complexity index is 1630. The summed E-state index contributed by atoms with van der Waals surface area (Å²) in [5.41, 5.74) is 7.74. The maximum absolute atomic E-state index is 4.94. The zero-order valence-corrected chi connectivity index (χ0v) is 20.8. The first kappa shape index (κ1) is 20.3. The normalized spacial score (nSPS) is 11.5. The highest BCUT2D eigenvalue weighted by atomic mass is 127. The minimum absolute atomic E-state index is 0.717. The Kier molecular flexibility index (Phi) is 4.88. The molecule has 9 heteroatoms. The first-order chi connectivity index (χ1) is 16.1. The summed E-state index contributed by atoms with van der Waals surface area (Å²) in [5, 5.41) is 8.73. The number of pyridine rings is 2. The molecule has 0 saturated heterocycles. The van der Waals surface area contributed by atoms with Gasteiger partial charge in [0.2, 0.25) is 0 Å². The van der Waals surface area contributed by atoms with Crippen molar-refractivity contribution in [3.8, 4) is 33.1 Å². The summed E-state index contributed by atoms with van der Waals surface area (Å²) in [6, 6.07) is 12.6. The fourth-order valence-electron chi connectivity index (χ4n) is 3.89. The first-order valence-corrected chi connectivity index (χ1v) is 12.2. The van der Waals surface area contributed by atoms with Crippen molar-refractivity contribution in [2.45, 2.75) is 0 Å². The van der Waals surface area contributed by atoms with Crippen molar-refractivity contribution in [3.05, 3.63) is 64.1 Å². The lowest BCUT2D eigenvalue weighted by atomic mass is 10.0. The molecule has 0 aliphatic carbocycles. The quantitative estimate of drug-likeness (QED) is 0.259. The molecule has 0 saturated carbocycles. The second-order valence-electron chi connectivity index (χ2n) is 7.93. The van der Waals surface area contributed by atoms with E-state index in [1.54, 1.807) is 11.3 Å². The van der Waals surface area contributed by atoms with Crippen molar-refractivity contribution in [1.29, 1.82) is 0 Å². The standard InChI is InChI=1S/C24H18IN7S/c1-32(2)15-7-14(9-26-10-15)13-3-4-18-16(8-13)23(31-30-18)24-28-19-12-27-11-17(22(19)29-24)20-5-6-21(25)33-20/h3-12H,1-2H3,(H,28,29)(H,30,31). The lowest BCUT2D eigenvalue weighted by molar-refractivity contribution is 1.11. The van der Waals surface area contributed by atoms with E-state index in [0.717, 1.165) is 54.9 Å². The van der Waals surface area contributed by atoms with E-state index in [1.807, 2.05) is 49.8 Å². The molecule has 0 aliphatic heterocycles. The first-order valence-electron chi connectivity index (χ1n) is 10.3. The molecule has 0 bridgehead atoms. The highest BCUT2D eigenvalue weighted by Crippen LogP contribution is 2.35. The number of aromatic amines is 2. The maximum Gasteiger partial charge on any atom is 0.159 e. The highest BCUT2D eigenvalue weighted by Gasteiger charge is 2.17. The SMILES string of the molecule is CN(C)c1cncc(-c2ccc3[nH]nc(-c4nc5c(-c6ccc(I)s6)cncc5[nH]4)c3c2)c1. The lowest BCUT2D eigenvalue weighted by Gasteiger charge is -2.13. The summed E-state index contributed by atoms with van der Waals surface area (Å²) in [4.78, 5) is 20.4. The third-order valence-electron chi connectivity index (χ3n) is 5.59. The fraction of sp³-hybridized carbons (Fsp3) is 0.0833. The molecule has 162 valence electrons. The molecule has 2 N–H and O–H groups in total. The Balaban J connectivity index is 1.48. The van der Waals surface area contributed by atoms with Crippen LogP contribution < -0.4 is 4.90 Å². The van der Waals surface area contributed by atoms with Gasteiger partial charge in [-0.25, -0.2) is 4.98 Å². The van der Waals surface area contributed by atoms with Gasteiger partial charge >= 0.3 is 0 Å². The number of H-pyrrole nitrogens is 2. The molecule has 7 nitrogen and oxygen atoms in total. The molecule has 0 amide bonds. The number of thiophene rings is 1. The number of benzene rings is 1. The maximum atomic E-state index is 4.94. The molecule has 5 heterocycles. The van der Waals surface area contributed by atoms with E-state index >= 15 is 0 Å². The molecule has 6 aromatic rings. The van der Waals surface area contributed by atoms with Gasteiger partial charge in [0, 0.05) is 47.9 Å². The van der Waals surface area contributed by atoms with Gasteiger partial charge in [0.1, 0.15) is 11.2 Å². The Morgan fingerprint density at radius 3 is 2.61 bits per heavy atom. The molecule has 6 rings (SSSR count). The molecule has 0 spiro atoms. The van der Waals surface area contributed by atoms with Crippen LogP contribution in [0.2, 0.25) is 0 Å². The Morgan fingerprint density at radius 2 is 1.79 bits per heavy atom. The number of aromatic nitrogens is 6. The van der Waals surface area contributed by atoms with Crippen molar-refractivity contribution in [3.63, 3.8) is 0 Å². The molecule has 5 aromatic heterocycles. The van der Waals surface area contributed by atoms with E-state index < -0.39 is 0 Å². The van der Waals surface area contributed by atoms with Gasteiger partial charge in [-0.15, -0.1) is 11.3 Å². The van der Waals surface area contributed by atoms with Gasteiger partial charge in [-0.2, -0.15) is 5.10 Å². The molecule has 0 fully saturated rings. The van der Waals surface area contributed by atoms with Crippen LogP contribution in [0.25, 0.3) is 55.0 Å². The van der Waals surface area contributed by atoms with E-state index in [1.165, 1.54) is 2.88 Å². The largest absolute Gasteiger partial charge is 0.376 e. The summed E-state index contributed by atoms with van der Waals surface area (Å²) in [5.74, 6) is 0.717. The van der Waals surface area contributed by atoms with Gasteiger partial charge in [-0.3, -0.25) is 15.1 Å². The van der Waals surface area contributed by atoms with Crippen LogP contribution in [0.4, 0.5) is 5.69 Å². The van der Waals surface area contributed by atoms with Crippen molar-refractivity contribution >= 4 is 61.6 Å². The Morgan fingerprint density at radius 1 is 0.909 bits per heavy atom. The molecule has 0 radical (unpaired) electrons. The number of nitrogens with zero attached hydrogens (tertiary/aromatic N) is 5. The lowest BCUT2D eigenvalue weighted by Crippen LogP contribution is -2.08. The van der Waals surface area contributed by atoms with Crippen LogP contribution >= 0.6 is 33.9 Å². The van der Waals surface area contributed by atoms with Crippen LogP contribution in [0.1, 0.15) is 0 Å². The van der Waals surface area contributed by atoms with Gasteiger partial charge in [0.25, 0.3) is 0 Å². The monoisotopic (exact) mass is 563 g/mol. The van der Waals surface area contributed by atoms with E-state index in [-0.39, 0.29) is 0 Å². The highest BCUT2D eigenvalue weighted by molar-refractivity contribution is 14.1. The number of rotatable bonds is 4. The van der Waals surface area contributed by atoms with Crippen LogP contribution in [0.15, 0.2) is 61.2 Å². The van der Waals surface area contributed by atoms with Crippen LogP contribution in [0, 0.1) is 2.88 Å². The minimum atomic E-state index is 0.717. The molecule has 33 heavy (non-hydrogen) atoms. The summed E-state index contributed by atoms with van der Waals surface area (Å²) in [6.07, 6.45) is 7.43. The second-order valence-corrected chi connectivity index (χ2v) is 10.9. The number of nitrogens with one attached hydrogen (secondary N) is 2. The molecule has 1 aromatic carbocycles. The van der Waals surface area contributed by atoms with Gasteiger partial charge in [-0.1, -0.05) is 6.07 Å². The van der Waals surface area contributed by atoms with E-state index in [9.17, 15) is 0 Å². The van der Waals surface area contributed by atoms with Gasteiger partial charge < -0.3 is 9.88 Å². The smallest absolute Gasteiger partial charge is 0.159 e. The minimum Gasteiger partial charge on any atom is -0.376 e. The fourth-order valence-corrected chi connectivity index (χ4v) is 5.52. The second kappa shape index (κ2) is 7.92. The van der Waals surface area contributed by atoms with Gasteiger partial charge in [0.05, 0.1) is 32.0 Å². The van der Waals surface area contributed by atoms with Crippen LogP contribution in [-0.4, -0.2) is 44.2 Å². The van der Waals surface area contributed by atoms with Crippen LogP contribution in [0.3, 0.4) is 0 Å². The molecule has 0 aliphatic rings. The number of fused-ring (bicyclic) bond motifs is 2. The zero-order valence-electron chi connectivity index (χ0n) is 17.8. The zero-order chi connectivity index (χ0) is 22.5. The number of imidazole rings is 1. The molecular formula is C24H18IN7S. The topological polar surface area (TPSA) is 86.4 Å². The molecular weight excluding hydrogens is 545 g/mol. The summed E-state index contributed by atoms with van der Waals surface area (Å²) >= 11 is 4.07. The summed E-state index contributed by atoms with van der Waals surface area (Å²) in [7, 11) is 4.03. The number of hydrogen-bond acceptors (Lipinski definition) is 6. The number of hydrogen-bond donors (Lipinski definition) is 2. The predicted molar refractivity (Wildman–Crippen MR) is 143 cm³/mol. The molecule has 0 unspecified atom stereocenters. The predicted octanol–water partition coefficient (Wildman–Crippen LogP) is 5.96. The van der Waals surface area contributed by atoms with Crippen LogP contribution in [-0.2, 0) is 0 Å². The van der Waals surface area contributed by atoms with E-state index in [0.29, 0.717) is 5.82 Å². The average molecular weight is 563 g/mol. The van der Waals surface area contributed by atoms with E-state index in [2.05, 4.69) is 78.1 Å². The Labute approximate surface area is 207 Å². The third-order valence-corrected chi connectivity index (χ3v) is 7.52. The summed E-state index contributed by atoms with van der Waals surface area (Å²) < 4.78 is 1.23. The summed E-state index contributed by atoms with van der Waals surface area (Å²) in [6.45, 7) is 0. The van der Waals surface area contributed by atoms with Crippen molar-refractivity contribution in [2.24, 2.45) is 0 Å². The average Bonchev–Trinajstić information content (AvgIpc) is 3.55. The number of anilines is 1. The molecule has 0 atom stereocenters. The van der Waals surface area contributed by atoms with Gasteiger partial charge in [0.15, 0.2) is 5.82 Å².